The third-order valence-electron chi connectivity index (χ3n) is 6.06. The van der Waals surface area contributed by atoms with Crippen molar-refractivity contribution in [3.63, 3.8) is 0 Å². The molecule has 0 saturated carbocycles. The number of allylic oxidation sites excluding steroid dienone is 9. The molecule has 1 N–H and O–H groups in total. The fourth-order valence-corrected chi connectivity index (χ4v) is 4.11. The van der Waals surface area contributed by atoms with E-state index in [1.165, 1.54) is 33.4 Å². The molecule has 0 heterocycles. The molecular weight excluding hydrogens is 386 g/mol. The van der Waals surface area contributed by atoms with Crippen molar-refractivity contribution in [3.05, 3.63) is 145 Å². The monoisotopic (exact) mass is 419 g/mol. The number of nitrogens with one attached hydrogen (secondary N) is 1. The van der Waals surface area contributed by atoms with Crippen molar-refractivity contribution in [1.82, 2.24) is 5.32 Å². The second kappa shape index (κ2) is 10.6. The summed E-state index contributed by atoms with van der Waals surface area (Å²) in [5.41, 5.74) is 6.83. The van der Waals surface area contributed by atoms with Crippen molar-refractivity contribution >= 4 is 0 Å². The van der Waals surface area contributed by atoms with Gasteiger partial charge >= 0.3 is 0 Å². The zero-order valence-corrected chi connectivity index (χ0v) is 19.4. The minimum atomic E-state index is -0.500. The molecule has 0 aromatic heterocycles. The van der Waals surface area contributed by atoms with Gasteiger partial charge in [0.25, 0.3) is 0 Å². The van der Waals surface area contributed by atoms with Crippen LogP contribution in [0.15, 0.2) is 139 Å². The quantitative estimate of drug-likeness (QED) is 0.427. The summed E-state index contributed by atoms with van der Waals surface area (Å²) in [5, 5.41) is 3.60. The first-order valence-electron chi connectivity index (χ1n) is 11.1. The Balaban J connectivity index is 2.16. The van der Waals surface area contributed by atoms with E-state index in [4.69, 9.17) is 0 Å². The van der Waals surface area contributed by atoms with Crippen LogP contribution in [0.5, 0.6) is 0 Å². The lowest BCUT2D eigenvalue weighted by atomic mass is 9.78. The van der Waals surface area contributed by atoms with E-state index in [0.717, 1.165) is 0 Å². The van der Waals surface area contributed by atoms with Crippen LogP contribution >= 0.6 is 0 Å². The van der Waals surface area contributed by atoms with Crippen LogP contribution in [0.25, 0.3) is 11.1 Å². The van der Waals surface area contributed by atoms with Crippen LogP contribution < -0.4 is 5.32 Å². The van der Waals surface area contributed by atoms with Crippen LogP contribution in [0.2, 0.25) is 0 Å². The Morgan fingerprint density at radius 2 is 1.69 bits per heavy atom. The molecule has 2 aromatic rings. The van der Waals surface area contributed by atoms with E-state index in [2.05, 4.69) is 130 Å². The zero-order chi connectivity index (χ0) is 23.0. The van der Waals surface area contributed by atoms with E-state index in [1.54, 1.807) is 6.20 Å². The highest BCUT2D eigenvalue weighted by molar-refractivity contribution is 5.65. The maximum Gasteiger partial charge on any atom is 0.102 e. The molecule has 0 aliphatic heterocycles. The van der Waals surface area contributed by atoms with E-state index in [-0.39, 0.29) is 5.92 Å². The second-order valence-electron chi connectivity index (χ2n) is 8.26. The Hall–Kier alpha value is -3.58. The summed E-state index contributed by atoms with van der Waals surface area (Å²) < 4.78 is 0. The van der Waals surface area contributed by atoms with E-state index < -0.39 is 5.54 Å². The maximum atomic E-state index is 4.02. The standard InChI is InChI=1S/C31H33N/c1-6-14-26-17-11-12-18-28(26)21-22-31(32-7-2,25(5)24(3)4)30-20-13-19-29(23-30)27-15-9-8-10-16-27/h6-23,28,32H,1-2H2,3-5H3/b22-21?,26-14-. The van der Waals surface area contributed by atoms with E-state index >= 15 is 0 Å². The van der Waals surface area contributed by atoms with Gasteiger partial charge in [-0.3, -0.25) is 0 Å². The van der Waals surface area contributed by atoms with Gasteiger partial charge in [-0.05, 0) is 60.9 Å². The lowest BCUT2D eigenvalue weighted by Gasteiger charge is -2.35. The Kier molecular flexibility index (Phi) is 7.68. The highest BCUT2D eigenvalue weighted by Gasteiger charge is 2.31. The minimum absolute atomic E-state index is 0.186. The Labute approximate surface area is 193 Å². The summed E-state index contributed by atoms with van der Waals surface area (Å²) in [6.45, 7) is 14.4. The molecule has 32 heavy (non-hydrogen) atoms. The average Bonchev–Trinajstić information content (AvgIpc) is 2.83. The highest BCUT2D eigenvalue weighted by atomic mass is 14.9. The van der Waals surface area contributed by atoms with Gasteiger partial charge in [-0.1, -0.05) is 116 Å². The molecule has 162 valence electrons. The summed E-state index contributed by atoms with van der Waals surface area (Å²) in [7, 11) is 0. The number of rotatable bonds is 8. The second-order valence-corrected chi connectivity index (χ2v) is 8.26. The van der Waals surface area contributed by atoms with Gasteiger partial charge in [0.15, 0.2) is 0 Å². The highest BCUT2D eigenvalue weighted by Crippen LogP contribution is 2.36. The van der Waals surface area contributed by atoms with Gasteiger partial charge in [0.05, 0.1) is 0 Å². The molecule has 1 aliphatic rings. The largest absolute Gasteiger partial charge is 0.375 e. The lowest BCUT2D eigenvalue weighted by Crippen LogP contribution is -2.39. The van der Waals surface area contributed by atoms with Crippen LogP contribution in [-0.4, -0.2) is 0 Å². The molecule has 0 fully saturated rings. The van der Waals surface area contributed by atoms with Crippen LogP contribution in [0, 0.1) is 5.92 Å². The summed E-state index contributed by atoms with van der Waals surface area (Å²) in [4.78, 5) is 0. The van der Waals surface area contributed by atoms with Crippen LogP contribution in [0.3, 0.4) is 0 Å². The first-order valence-corrected chi connectivity index (χ1v) is 11.1. The van der Waals surface area contributed by atoms with Crippen molar-refractivity contribution in [2.24, 2.45) is 5.92 Å². The van der Waals surface area contributed by atoms with Crippen molar-refractivity contribution < 1.29 is 0 Å². The van der Waals surface area contributed by atoms with Crippen LogP contribution in [0.1, 0.15) is 26.3 Å². The first-order chi connectivity index (χ1) is 15.5. The molecule has 1 nitrogen and oxygen atoms in total. The lowest BCUT2D eigenvalue weighted by molar-refractivity contribution is 0.551. The maximum absolute atomic E-state index is 4.02. The molecule has 2 atom stereocenters. The number of hydrogen-bond donors (Lipinski definition) is 1. The minimum Gasteiger partial charge on any atom is -0.375 e. The third-order valence-corrected chi connectivity index (χ3v) is 6.06. The van der Waals surface area contributed by atoms with Crippen molar-refractivity contribution in [2.45, 2.75) is 26.3 Å². The fraction of sp³-hybridized carbons (Fsp3) is 0.161. The van der Waals surface area contributed by atoms with Crippen molar-refractivity contribution in [1.29, 1.82) is 0 Å². The molecule has 2 aromatic carbocycles. The Bertz CT molecular complexity index is 1100. The summed E-state index contributed by atoms with van der Waals surface area (Å²) >= 11 is 0. The van der Waals surface area contributed by atoms with E-state index in [9.17, 15) is 0 Å². The van der Waals surface area contributed by atoms with Gasteiger partial charge in [0, 0.05) is 5.92 Å². The summed E-state index contributed by atoms with van der Waals surface area (Å²) in [5.74, 6) is 0.186. The molecule has 3 rings (SSSR count). The van der Waals surface area contributed by atoms with Crippen LogP contribution in [-0.2, 0) is 5.54 Å². The van der Waals surface area contributed by atoms with Gasteiger partial charge < -0.3 is 5.32 Å². The Morgan fingerprint density at radius 1 is 0.938 bits per heavy atom. The fourth-order valence-electron chi connectivity index (χ4n) is 4.11. The van der Waals surface area contributed by atoms with Gasteiger partial charge in [-0.2, -0.15) is 0 Å². The normalized spacial score (nSPS) is 18.3. The predicted molar refractivity (Wildman–Crippen MR) is 140 cm³/mol. The molecule has 0 spiro atoms. The molecule has 0 bridgehead atoms. The van der Waals surface area contributed by atoms with Gasteiger partial charge in [-0.15, -0.1) is 0 Å². The Morgan fingerprint density at radius 3 is 2.38 bits per heavy atom. The molecule has 0 amide bonds. The first kappa shape index (κ1) is 23.1. The van der Waals surface area contributed by atoms with Gasteiger partial charge in [0.1, 0.15) is 5.54 Å². The SMILES string of the molecule is C=C/C=C1/C=CC=CC1C=CC(NC=C)(C(C)=C(C)C)c1cccc(-c2ccccc2)c1. The molecule has 0 saturated heterocycles. The zero-order valence-electron chi connectivity index (χ0n) is 19.4. The van der Waals surface area contributed by atoms with E-state index in [1.807, 2.05) is 12.1 Å². The van der Waals surface area contributed by atoms with Gasteiger partial charge in [-0.25, -0.2) is 0 Å². The third kappa shape index (κ3) is 5.00. The van der Waals surface area contributed by atoms with Crippen molar-refractivity contribution in [3.8, 4) is 11.1 Å². The summed E-state index contributed by atoms with van der Waals surface area (Å²) in [6, 6.07) is 19.3. The summed E-state index contributed by atoms with van der Waals surface area (Å²) in [6.07, 6.45) is 18.8. The van der Waals surface area contributed by atoms with Crippen molar-refractivity contribution in [2.75, 3.05) is 0 Å². The topological polar surface area (TPSA) is 12.0 Å². The van der Waals surface area contributed by atoms with Gasteiger partial charge in [0.2, 0.25) is 0 Å². The average molecular weight is 420 g/mol. The smallest absolute Gasteiger partial charge is 0.102 e. The number of hydrogen-bond acceptors (Lipinski definition) is 1. The predicted octanol–water partition coefficient (Wildman–Crippen LogP) is 8.05. The van der Waals surface area contributed by atoms with Crippen LogP contribution in [0.4, 0.5) is 0 Å². The molecule has 2 unspecified atom stereocenters. The molecule has 1 aliphatic carbocycles. The number of benzene rings is 2. The molecular formula is C31H33N. The van der Waals surface area contributed by atoms with E-state index in [0.29, 0.717) is 0 Å². The molecule has 1 heteroatoms. The molecule has 0 radical (unpaired) electrons.